The number of nitrogens with zero attached hydrogens (tertiary/aromatic N) is 2. The minimum absolute atomic E-state index is 0.0740. The van der Waals surface area contributed by atoms with Gasteiger partial charge in [-0.3, -0.25) is 9.79 Å². The van der Waals surface area contributed by atoms with Crippen LogP contribution >= 0.6 is 0 Å². The molecule has 0 atom stereocenters. The molecule has 2 rings (SSSR count). The highest BCUT2D eigenvalue weighted by molar-refractivity contribution is 5.81. The Morgan fingerprint density at radius 2 is 1.73 bits per heavy atom. The molecule has 1 aliphatic carbocycles. The second-order valence-electron chi connectivity index (χ2n) is 8.66. The van der Waals surface area contributed by atoms with Crippen LogP contribution < -0.4 is 16.0 Å². The Balaban J connectivity index is 1.72. The lowest BCUT2D eigenvalue weighted by Gasteiger charge is -2.36. The quantitative estimate of drug-likeness (QED) is 0.383. The highest BCUT2D eigenvalue weighted by Crippen LogP contribution is 2.26. The fourth-order valence-corrected chi connectivity index (χ4v) is 3.79. The van der Waals surface area contributed by atoms with Gasteiger partial charge in [-0.1, -0.05) is 33.6 Å². The van der Waals surface area contributed by atoms with Crippen LogP contribution in [0.1, 0.15) is 66.2 Å². The second kappa shape index (κ2) is 10.1. The molecule has 1 amide bonds. The monoisotopic (exact) mass is 365 g/mol. The van der Waals surface area contributed by atoms with Crippen LogP contribution in [0.15, 0.2) is 4.99 Å². The first-order valence-electron chi connectivity index (χ1n) is 10.5. The van der Waals surface area contributed by atoms with Crippen LogP contribution in [0.5, 0.6) is 0 Å². The van der Waals surface area contributed by atoms with Crippen molar-refractivity contribution >= 4 is 11.9 Å². The molecule has 0 unspecified atom stereocenters. The first-order valence-corrected chi connectivity index (χ1v) is 10.5. The van der Waals surface area contributed by atoms with E-state index in [4.69, 9.17) is 0 Å². The summed E-state index contributed by atoms with van der Waals surface area (Å²) in [6.45, 7) is 12.3. The van der Waals surface area contributed by atoms with Gasteiger partial charge in [-0.2, -0.15) is 0 Å². The SMILES string of the molecule is CCNC(=NCCNC(=O)C(C)(C)C)NC1CCN(C2CCCC2)CC1. The number of guanidine groups is 1. The van der Waals surface area contributed by atoms with E-state index in [-0.39, 0.29) is 11.3 Å². The molecule has 0 radical (unpaired) electrons. The molecular weight excluding hydrogens is 326 g/mol. The van der Waals surface area contributed by atoms with Gasteiger partial charge in [-0.05, 0) is 32.6 Å². The lowest BCUT2D eigenvalue weighted by molar-refractivity contribution is -0.128. The van der Waals surface area contributed by atoms with Gasteiger partial charge < -0.3 is 20.9 Å². The summed E-state index contributed by atoms with van der Waals surface area (Å²) in [5.41, 5.74) is -0.347. The number of hydrogen-bond acceptors (Lipinski definition) is 3. The van der Waals surface area contributed by atoms with E-state index in [9.17, 15) is 4.79 Å². The zero-order chi connectivity index (χ0) is 19.0. The van der Waals surface area contributed by atoms with Gasteiger partial charge in [-0.25, -0.2) is 0 Å². The Kier molecular flexibility index (Phi) is 8.19. The predicted octanol–water partition coefficient (Wildman–Crippen LogP) is 2.11. The number of amides is 1. The van der Waals surface area contributed by atoms with Crippen molar-refractivity contribution < 1.29 is 4.79 Å². The summed E-state index contributed by atoms with van der Waals surface area (Å²) in [6, 6.07) is 1.33. The Labute approximate surface area is 159 Å². The molecule has 0 aromatic rings. The molecule has 1 saturated carbocycles. The van der Waals surface area contributed by atoms with Gasteiger partial charge in [0.15, 0.2) is 5.96 Å². The van der Waals surface area contributed by atoms with E-state index in [1.54, 1.807) is 0 Å². The van der Waals surface area contributed by atoms with Gasteiger partial charge in [0, 0.05) is 43.7 Å². The first-order chi connectivity index (χ1) is 12.4. The van der Waals surface area contributed by atoms with Gasteiger partial charge in [0.05, 0.1) is 6.54 Å². The topological polar surface area (TPSA) is 68.8 Å². The van der Waals surface area contributed by atoms with E-state index in [1.807, 2.05) is 20.8 Å². The number of carbonyl (C=O) groups excluding carboxylic acids is 1. The number of piperidine rings is 1. The molecule has 6 nitrogen and oxygen atoms in total. The number of nitrogens with one attached hydrogen (secondary N) is 3. The zero-order valence-corrected chi connectivity index (χ0v) is 17.2. The van der Waals surface area contributed by atoms with E-state index < -0.39 is 0 Å². The van der Waals surface area contributed by atoms with Gasteiger partial charge in [-0.15, -0.1) is 0 Å². The molecule has 0 aromatic carbocycles. The molecule has 2 fully saturated rings. The van der Waals surface area contributed by atoms with Gasteiger partial charge in [0.25, 0.3) is 0 Å². The lowest BCUT2D eigenvalue weighted by Crippen LogP contribution is -2.50. The molecule has 0 bridgehead atoms. The molecule has 2 aliphatic rings. The highest BCUT2D eigenvalue weighted by atomic mass is 16.2. The van der Waals surface area contributed by atoms with Gasteiger partial charge >= 0.3 is 0 Å². The summed E-state index contributed by atoms with van der Waals surface area (Å²) in [5.74, 6) is 0.946. The number of carbonyl (C=O) groups is 1. The molecule has 1 heterocycles. The Bertz CT molecular complexity index is 457. The molecule has 26 heavy (non-hydrogen) atoms. The third kappa shape index (κ3) is 6.78. The van der Waals surface area contributed by atoms with Crippen molar-refractivity contribution in [1.29, 1.82) is 0 Å². The summed E-state index contributed by atoms with van der Waals surface area (Å²) >= 11 is 0. The third-order valence-electron chi connectivity index (χ3n) is 5.40. The van der Waals surface area contributed by atoms with Crippen molar-refractivity contribution in [2.75, 3.05) is 32.7 Å². The second-order valence-corrected chi connectivity index (χ2v) is 8.66. The van der Waals surface area contributed by atoms with E-state index in [0.717, 1.165) is 18.5 Å². The van der Waals surface area contributed by atoms with Crippen molar-refractivity contribution in [3.63, 3.8) is 0 Å². The highest BCUT2D eigenvalue weighted by Gasteiger charge is 2.27. The van der Waals surface area contributed by atoms with Crippen molar-refractivity contribution in [3.8, 4) is 0 Å². The average molecular weight is 366 g/mol. The molecule has 0 spiro atoms. The van der Waals surface area contributed by atoms with E-state index in [1.165, 1.54) is 51.6 Å². The molecule has 1 saturated heterocycles. The number of aliphatic imine (C=N–C) groups is 1. The van der Waals surface area contributed by atoms with Crippen molar-refractivity contribution in [2.24, 2.45) is 10.4 Å². The summed E-state index contributed by atoms with van der Waals surface area (Å²) in [7, 11) is 0. The molecular formula is C20H39N5O. The average Bonchev–Trinajstić information content (AvgIpc) is 3.13. The van der Waals surface area contributed by atoms with Crippen LogP contribution in [-0.4, -0.2) is 61.6 Å². The van der Waals surface area contributed by atoms with Crippen LogP contribution in [0.2, 0.25) is 0 Å². The maximum atomic E-state index is 11.9. The molecule has 150 valence electrons. The van der Waals surface area contributed by atoms with Crippen molar-refractivity contribution in [3.05, 3.63) is 0 Å². The van der Waals surface area contributed by atoms with Gasteiger partial charge in [0.1, 0.15) is 0 Å². The van der Waals surface area contributed by atoms with Crippen molar-refractivity contribution in [1.82, 2.24) is 20.9 Å². The standard InChI is InChI=1S/C20H39N5O/c1-5-21-19(23-13-12-22-18(26)20(2,3)4)24-16-10-14-25(15-11-16)17-8-6-7-9-17/h16-17H,5-15H2,1-4H3,(H,22,26)(H2,21,23,24). The fourth-order valence-electron chi connectivity index (χ4n) is 3.79. The van der Waals surface area contributed by atoms with E-state index in [0.29, 0.717) is 19.1 Å². The maximum absolute atomic E-state index is 11.9. The smallest absolute Gasteiger partial charge is 0.225 e. The number of likely N-dealkylation sites (tertiary alicyclic amines) is 1. The molecule has 1 aliphatic heterocycles. The maximum Gasteiger partial charge on any atom is 0.225 e. The number of hydrogen-bond donors (Lipinski definition) is 3. The van der Waals surface area contributed by atoms with Crippen LogP contribution in [0.25, 0.3) is 0 Å². The molecule has 6 heteroatoms. The normalized spacial score (nSPS) is 21.0. The Morgan fingerprint density at radius 1 is 1.08 bits per heavy atom. The van der Waals surface area contributed by atoms with Gasteiger partial charge in [0.2, 0.25) is 5.91 Å². The summed E-state index contributed by atoms with van der Waals surface area (Å²) in [4.78, 5) is 19.2. The Hall–Kier alpha value is -1.30. The Morgan fingerprint density at radius 3 is 2.31 bits per heavy atom. The van der Waals surface area contributed by atoms with Crippen molar-refractivity contribution in [2.45, 2.75) is 78.3 Å². The van der Waals surface area contributed by atoms with Crippen LogP contribution in [-0.2, 0) is 4.79 Å². The van der Waals surface area contributed by atoms with E-state index in [2.05, 4.69) is 32.8 Å². The minimum Gasteiger partial charge on any atom is -0.357 e. The molecule has 3 N–H and O–H groups in total. The van der Waals surface area contributed by atoms with Crippen LogP contribution in [0, 0.1) is 5.41 Å². The zero-order valence-electron chi connectivity index (χ0n) is 17.2. The largest absolute Gasteiger partial charge is 0.357 e. The third-order valence-corrected chi connectivity index (χ3v) is 5.40. The predicted molar refractivity (Wildman–Crippen MR) is 108 cm³/mol. The summed E-state index contributed by atoms with van der Waals surface area (Å²) < 4.78 is 0. The molecule has 0 aromatic heterocycles. The first kappa shape index (κ1) is 21.0. The summed E-state index contributed by atoms with van der Waals surface area (Å²) in [6.07, 6.45) is 7.96. The summed E-state index contributed by atoms with van der Waals surface area (Å²) in [5, 5.41) is 9.87. The van der Waals surface area contributed by atoms with Crippen LogP contribution in [0.4, 0.5) is 0 Å². The minimum atomic E-state index is -0.347. The van der Waals surface area contributed by atoms with Crippen LogP contribution in [0.3, 0.4) is 0 Å². The number of rotatable bonds is 6. The van der Waals surface area contributed by atoms with E-state index >= 15 is 0 Å². The fraction of sp³-hybridized carbons (Fsp3) is 0.900. The lowest BCUT2D eigenvalue weighted by atomic mass is 9.96.